The predicted molar refractivity (Wildman–Crippen MR) is 89.7 cm³/mol. The Bertz CT molecular complexity index is 671. The van der Waals surface area contributed by atoms with E-state index >= 15 is 0 Å². The maximum atomic E-state index is 13.2. The van der Waals surface area contributed by atoms with E-state index in [-0.39, 0.29) is 24.4 Å². The molecule has 2 aromatic carbocycles. The van der Waals surface area contributed by atoms with Crippen molar-refractivity contribution in [3.05, 3.63) is 60.4 Å². The van der Waals surface area contributed by atoms with Crippen molar-refractivity contribution in [1.29, 1.82) is 0 Å². The van der Waals surface area contributed by atoms with Gasteiger partial charge in [0.1, 0.15) is 11.6 Å². The van der Waals surface area contributed by atoms with Crippen LogP contribution in [0.1, 0.15) is 12.8 Å². The van der Waals surface area contributed by atoms with E-state index in [1.807, 2.05) is 30.3 Å². The number of rotatable bonds is 6. The summed E-state index contributed by atoms with van der Waals surface area (Å²) in [5.41, 5.74) is 0.806. The molecule has 0 saturated carbocycles. The van der Waals surface area contributed by atoms with Gasteiger partial charge in [0.25, 0.3) is 5.91 Å². The Labute approximate surface area is 140 Å². The molecular formula is C19H20FNO3. The Balaban J connectivity index is 1.68. The Morgan fingerprint density at radius 2 is 2.04 bits per heavy atom. The zero-order valence-corrected chi connectivity index (χ0v) is 13.4. The number of ether oxygens (including phenoxy) is 2. The third-order valence-electron chi connectivity index (χ3n) is 3.94. The van der Waals surface area contributed by atoms with Crippen molar-refractivity contribution in [1.82, 2.24) is 0 Å². The van der Waals surface area contributed by atoms with E-state index in [0.717, 1.165) is 25.1 Å². The fourth-order valence-electron chi connectivity index (χ4n) is 2.73. The summed E-state index contributed by atoms with van der Waals surface area (Å²) in [6.07, 6.45) is 2.01. The fourth-order valence-corrected chi connectivity index (χ4v) is 2.73. The van der Waals surface area contributed by atoms with Crippen LogP contribution < -0.4 is 9.64 Å². The van der Waals surface area contributed by atoms with Gasteiger partial charge in [-0.2, -0.15) is 0 Å². The molecule has 2 aromatic rings. The summed E-state index contributed by atoms with van der Waals surface area (Å²) < 4.78 is 24.3. The van der Waals surface area contributed by atoms with Crippen LogP contribution in [0.3, 0.4) is 0 Å². The molecular weight excluding hydrogens is 309 g/mol. The van der Waals surface area contributed by atoms with E-state index in [1.165, 1.54) is 12.1 Å². The highest BCUT2D eigenvalue weighted by molar-refractivity contribution is 5.94. The van der Waals surface area contributed by atoms with Crippen molar-refractivity contribution in [3.8, 4) is 5.75 Å². The third-order valence-corrected chi connectivity index (χ3v) is 3.94. The summed E-state index contributed by atoms with van der Waals surface area (Å²) in [6.45, 7) is 1.09. The summed E-state index contributed by atoms with van der Waals surface area (Å²) in [4.78, 5) is 14.3. The molecule has 1 unspecified atom stereocenters. The summed E-state index contributed by atoms with van der Waals surface area (Å²) >= 11 is 0. The number of benzene rings is 2. The molecule has 3 rings (SSSR count). The molecule has 4 nitrogen and oxygen atoms in total. The minimum absolute atomic E-state index is 0.0447. The van der Waals surface area contributed by atoms with Crippen LogP contribution in [0.2, 0.25) is 0 Å². The van der Waals surface area contributed by atoms with Crippen LogP contribution in [0, 0.1) is 5.82 Å². The van der Waals surface area contributed by atoms with Gasteiger partial charge in [-0.1, -0.05) is 24.3 Å². The number of anilines is 1. The lowest BCUT2D eigenvalue weighted by Crippen LogP contribution is -2.40. The van der Waals surface area contributed by atoms with Crippen molar-refractivity contribution in [2.75, 3.05) is 24.7 Å². The average Bonchev–Trinajstić information content (AvgIpc) is 3.12. The van der Waals surface area contributed by atoms with Crippen molar-refractivity contribution in [2.45, 2.75) is 18.9 Å². The zero-order chi connectivity index (χ0) is 16.8. The molecule has 1 fully saturated rings. The number of amides is 1. The number of hydrogen-bond acceptors (Lipinski definition) is 3. The molecule has 0 radical (unpaired) electrons. The number of nitrogens with zero attached hydrogens (tertiary/aromatic N) is 1. The second-order valence-corrected chi connectivity index (χ2v) is 5.72. The Hall–Kier alpha value is -2.40. The first-order valence-corrected chi connectivity index (χ1v) is 8.08. The number of hydrogen-bond donors (Lipinski definition) is 0. The molecule has 1 saturated heterocycles. The highest BCUT2D eigenvalue weighted by Crippen LogP contribution is 2.20. The van der Waals surface area contributed by atoms with Gasteiger partial charge in [0.2, 0.25) is 0 Å². The van der Waals surface area contributed by atoms with Gasteiger partial charge in [0, 0.05) is 18.4 Å². The van der Waals surface area contributed by atoms with Crippen LogP contribution in [-0.4, -0.2) is 31.8 Å². The van der Waals surface area contributed by atoms with Gasteiger partial charge in [0.15, 0.2) is 6.61 Å². The molecule has 0 aromatic heterocycles. The van der Waals surface area contributed by atoms with Crippen LogP contribution in [-0.2, 0) is 9.53 Å². The first-order chi connectivity index (χ1) is 11.7. The highest BCUT2D eigenvalue weighted by atomic mass is 19.1. The first kappa shape index (κ1) is 16.5. The van der Waals surface area contributed by atoms with E-state index in [0.29, 0.717) is 12.3 Å². The van der Waals surface area contributed by atoms with Gasteiger partial charge >= 0.3 is 0 Å². The normalized spacial score (nSPS) is 16.8. The van der Waals surface area contributed by atoms with Gasteiger partial charge in [-0.05, 0) is 37.1 Å². The molecule has 0 bridgehead atoms. The molecule has 126 valence electrons. The van der Waals surface area contributed by atoms with Crippen molar-refractivity contribution >= 4 is 11.6 Å². The molecule has 5 heteroatoms. The molecule has 1 atom stereocenters. The van der Waals surface area contributed by atoms with Crippen LogP contribution >= 0.6 is 0 Å². The van der Waals surface area contributed by atoms with Crippen LogP contribution in [0.4, 0.5) is 10.1 Å². The minimum Gasteiger partial charge on any atom is -0.484 e. The number of halogens is 1. The van der Waals surface area contributed by atoms with Gasteiger partial charge in [0.05, 0.1) is 12.6 Å². The Morgan fingerprint density at radius 1 is 1.21 bits per heavy atom. The number of para-hydroxylation sites is 1. The molecule has 1 aliphatic rings. The largest absolute Gasteiger partial charge is 0.484 e. The second-order valence-electron chi connectivity index (χ2n) is 5.72. The fraction of sp³-hybridized carbons (Fsp3) is 0.316. The maximum Gasteiger partial charge on any atom is 0.264 e. The van der Waals surface area contributed by atoms with E-state index in [9.17, 15) is 9.18 Å². The summed E-state index contributed by atoms with van der Waals surface area (Å²) in [7, 11) is 0. The van der Waals surface area contributed by atoms with Crippen molar-refractivity contribution in [3.63, 3.8) is 0 Å². The molecule has 0 spiro atoms. The molecule has 0 aliphatic carbocycles. The zero-order valence-electron chi connectivity index (χ0n) is 13.4. The van der Waals surface area contributed by atoms with Crippen molar-refractivity contribution < 1.29 is 18.7 Å². The summed E-state index contributed by atoms with van der Waals surface area (Å²) in [5.74, 6) is -0.228. The SMILES string of the molecule is O=C(COc1cccc(F)c1)N(CC1CCCO1)c1ccccc1. The Kier molecular flexibility index (Phi) is 5.43. The van der Waals surface area contributed by atoms with Gasteiger partial charge in [-0.15, -0.1) is 0 Å². The minimum atomic E-state index is -0.390. The maximum absolute atomic E-state index is 13.2. The molecule has 1 aliphatic heterocycles. The second kappa shape index (κ2) is 7.93. The quantitative estimate of drug-likeness (QED) is 0.815. The smallest absolute Gasteiger partial charge is 0.264 e. The summed E-state index contributed by atoms with van der Waals surface area (Å²) in [6, 6.07) is 15.2. The summed E-state index contributed by atoms with van der Waals surface area (Å²) in [5, 5.41) is 0. The lowest BCUT2D eigenvalue weighted by molar-refractivity contribution is -0.120. The van der Waals surface area contributed by atoms with Crippen molar-refractivity contribution in [2.24, 2.45) is 0 Å². The third kappa shape index (κ3) is 4.32. The van der Waals surface area contributed by atoms with Gasteiger partial charge < -0.3 is 14.4 Å². The van der Waals surface area contributed by atoms with E-state index in [1.54, 1.807) is 17.0 Å². The standard InChI is InChI=1S/C19H20FNO3/c20-15-6-4-9-17(12-15)24-14-19(22)21(13-18-10-5-11-23-18)16-7-2-1-3-8-16/h1-4,6-9,12,18H,5,10-11,13-14H2. The lowest BCUT2D eigenvalue weighted by atomic mass is 10.2. The van der Waals surface area contributed by atoms with Crippen LogP contribution in [0.25, 0.3) is 0 Å². The number of carbonyl (C=O) groups is 1. The van der Waals surface area contributed by atoms with E-state index in [2.05, 4.69) is 0 Å². The predicted octanol–water partition coefficient (Wildman–Crippen LogP) is 3.42. The molecule has 1 amide bonds. The van der Waals surface area contributed by atoms with Gasteiger partial charge in [-0.3, -0.25) is 4.79 Å². The van der Waals surface area contributed by atoms with Crippen LogP contribution in [0.15, 0.2) is 54.6 Å². The lowest BCUT2D eigenvalue weighted by Gasteiger charge is -2.25. The Morgan fingerprint density at radius 3 is 2.75 bits per heavy atom. The monoisotopic (exact) mass is 329 g/mol. The van der Waals surface area contributed by atoms with Gasteiger partial charge in [-0.25, -0.2) is 4.39 Å². The van der Waals surface area contributed by atoms with Crippen LogP contribution in [0.5, 0.6) is 5.75 Å². The van der Waals surface area contributed by atoms with E-state index in [4.69, 9.17) is 9.47 Å². The number of carbonyl (C=O) groups excluding carboxylic acids is 1. The molecule has 0 N–H and O–H groups in total. The average molecular weight is 329 g/mol. The molecule has 1 heterocycles. The highest BCUT2D eigenvalue weighted by Gasteiger charge is 2.24. The first-order valence-electron chi connectivity index (χ1n) is 8.08. The molecule has 24 heavy (non-hydrogen) atoms. The topological polar surface area (TPSA) is 38.8 Å². The van der Waals surface area contributed by atoms with E-state index < -0.39 is 0 Å².